The van der Waals surface area contributed by atoms with Gasteiger partial charge in [-0.1, -0.05) is 40.5 Å². The van der Waals surface area contributed by atoms with Crippen molar-refractivity contribution < 1.29 is 25.2 Å². The molecule has 0 saturated heterocycles. The zero-order valence-electron chi connectivity index (χ0n) is 22.0. The van der Waals surface area contributed by atoms with Crippen LogP contribution in [0.5, 0.6) is 0 Å². The standard InChI is InChI=1S/C26H46O6S2/c1-7-8-17(2)21-11-12-22-20-10-9-18-15-19(31-33(5,27)28)13-14-25(18,3)23(20)16-24(26(21,22)4)32-34(6,29)30/h17-24H,7-16H2,1-6H3. The van der Waals surface area contributed by atoms with Crippen LogP contribution < -0.4 is 0 Å². The number of hydrogen-bond donors (Lipinski definition) is 0. The lowest BCUT2D eigenvalue weighted by Crippen LogP contribution is -2.59. The minimum Gasteiger partial charge on any atom is -0.267 e. The summed E-state index contributed by atoms with van der Waals surface area (Å²) in [5.74, 6) is 2.97. The van der Waals surface area contributed by atoms with Crippen LogP contribution in [0.1, 0.15) is 91.9 Å². The van der Waals surface area contributed by atoms with Gasteiger partial charge in [-0.25, -0.2) is 0 Å². The van der Waals surface area contributed by atoms with Crippen LogP contribution in [0.25, 0.3) is 0 Å². The van der Waals surface area contributed by atoms with Crippen LogP contribution in [0.3, 0.4) is 0 Å². The molecule has 0 heterocycles. The molecule has 0 aromatic carbocycles. The van der Waals surface area contributed by atoms with Gasteiger partial charge in [0.05, 0.1) is 24.7 Å². The van der Waals surface area contributed by atoms with Crippen LogP contribution >= 0.6 is 0 Å². The van der Waals surface area contributed by atoms with E-state index in [0.717, 1.165) is 51.2 Å². The van der Waals surface area contributed by atoms with Crippen LogP contribution in [-0.4, -0.2) is 41.6 Å². The van der Waals surface area contributed by atoms with Crippen molar-refractivity contribution in [3.05, 3.63) is 0 Å². The lowest BCUT2D eigenvalue weighted by Gasteiger charge is -2.63. The van der Waals surface area contributed by atoms with E-state index in [1.807, 2.05) is 0 Å². The summed E-state index contributed by atoms with van der Waals surface area (Å²) in [6.45, 7) is 9.32. The predicted molar refractivity (Wildman–Crippen MR) is 134 cm³/mol. The molecule has 4 aliphatic carbocycles. The van der Waals surface area contributed by atoms with Crippen LogP contribution in [0.15, 0.2) is 0 Å². The summed E-state index contributed by atoms with van der Waals surface area (Å²) in [5.41, 5.74) is -0.0352. The van der Waals surface area contributed by atoms with Crippen LogP contribution in [0, 0.1) is 46.3 Å². The Morgan fingerprint density at radius 2 is 1.56 bits per heavy atom. The molecule has 4 fully saturated rings. The van der Waals surface area contributed by atoms with Gasteiger partial charge in [-0.3, -0.25) is 8.37 Å². The quantitative estimate of drug-likeness (QED) is 0.421. The summed E-state index contributed by atoms with van der Waals surface area (Å²) in [4.78, 5) is 0. The summed E-state index contributed by atoms with van der Waals surface area (Å²) >= 11 is 0. The van der Waals surface area contributed by atoms with Crippen molar-refractivity contribution in [2.24, 2.45) is 46.3 Å². The zero-order chi connectivity index (χ0) is 25.1. The fraction of sp³-hybridized carbons (Fsp3) is 1.00. The van der Waals surface area contributed by atoms with E-state index in [1.54, 1.807) is 0 Å². The third kappa shape index (κ3) is 4.87. The molecule has 0 aliphatic heterocycles. The minimum absolute atomic E-state index is 0.0772. The topological polar surface area (TPSA) is 86.7 Å². The van der Waals surface area contributed by atoms with Gasteiger partial charge >= 0.3 is 0 Å². The van der Waals surface area contributed by atoms with E-state index in [9.17, 15) is 16.8 Å². The highest BCUT2D eigenvalue weighted by molar-refractivity contribution is 7.86. The molecule has 10 unspecified atom stereocenters. The molecule has 4 saturated carbocycles. The average molecular weight is 519 g/mol. The zero-order valence-corrected chi connectivity index (χ0v) is 23.6. The van der Waals surface area contributed by atoms with E-state index in [4.69, 9.17) is 8.37 Å². The Bertz CT molecular complexity index is 962. The van der Waals surface area contributed by atoms with Crippen LogP contribution in [-0.2, 0) is 28.6 Å². The third-order valence-electron chi connectivity index (χ3n) is 10.8. The Kier molecular flexibility index (Phi) is 7.34. The SMILES string of the molecule is CCCC(C)C1CCC2C3CCC4CC(OS(C)(=O)=O)CCC4(C)C3CC(OS(C)(=O)=O)C12C. The number of hydrogen-bond acceptors (Lipinski definition) is 6. The predicted octanol–water partition coefficient (Wildman–Crippen LogP) is 5.38. The Labute approximate surface area is 208 Å². The first kappa shape index (κ1) is 26.9. The molecule has 0 amide bonds. The summed E-state index contributed by atoms with van der Waals surface area (Å²) < 4.78 is 59.7. The highest BCUT2D eigenvalue weighted by Crippen LogP contribution is 2.69. The molecule has 0 aromatic rings. The molecular formula is C26H46O6S2. The lowest BCUT2D eigenvalue weighted by molar-refractivity contribution is -0.165. The van der Waals surface area contributed by atoms with Gasteiger partial charge in [-0.2, -0.15) is 16.8 Å². The first-order valence-corrected chi connectivity index (χ1v) is 17.1. The van der Waals surface area contributed by atoms with E-state index in [1.165, 1.54) is 25.5 Å². The molecule has 0 radical (unpaired) electrons. The normalized spacial score (nSPS) is 45.8. The Morgan fingerprint density at radius 3 is 2.18 bits per heavy atom. The van der Waals surface area contributed by atoms with E-state index in [0.29, 0.717) is 35.5 Å². The highest BCUT2D eigenvalue weighted by Gasteiger charge is 2.65. The lowest BCUT2D eigenvalue weighted by atomic mass is 9.43. The Morgan fingerprint density at radius 1 is 0.882 bits per heavy atom. The molecule has 0 bridgehead atoms. The van der Waals surface area contributed by atoms with Crippen molar-refractivity contribution in [2.75, 3.05) is 12.5 Å². The van der Waals surface area contributed by atoms with E-state index >= 15 is 0 Å². The number of fused-ring (bicyclic) bond motifs is 5. The maximum atomic E-state index is 12.4. The largest absolute Gasteiger partial charge is 0.267 e. The smallest absolute Gasteiger partial charge is 0.264 e. The second-order valence-electron chi connectivity index (χ2n) is 12.7. The molecule has 4 aliphatic rings. The molecule has 0 aromatic heterocycles. The monoisotopic (exact) mass is 518 g/mol. The van der Waals surface area contributed by atoms with Gasteiger partial charge in [0.25, 0.3) is 20.2 Å². The highest BCUT2D eigenvalue weighted by atomic mass is 32.2. The van der Waals surface area contributed by atoms with E-state index < -0.39 is 20.2 Å². The second-order valence-corrected chi connectivity index (χ2v) is 15.9. The molecule has 8 heteroatoms. The first-order valence-electron chi connectivity index (χ1n) is 13.5. The van der Waals surface area contributed by atoms with Gasteiger partial charge in [0.15, 0.2) is 0 Å². The molecular weight excluding hydrogens is 472 g/mol. The minimum atomic E-state index is -3.56. The van der Waals surface area contributed by atoms with Gasteiger partial charge in [-0.05, 0) is 92.3 Å². The van der Waals surface area contributed by atoms with Gasteiger partial charge in [0, 0.05) is 5.41 Å². The molecule has 6 nitrogen and oxygen atoms in total. The number of rotatable bonds is 7. The molecule has 34 heavy (non-hydrogen) atoms. The van der Waals surface area contributed by atoms with Crippen molar-refractivity contribution in [3.8, 4) is 0 Å². The van der Waals surface area contributed by atoms with Crippen molar-refractivity contribution in [1.82, 2.24) is 0 Å². The fourth-order valence-corrected chi connectivity index (χ4v) is 10.8. The Balaban J connectivity index is 1.64. The average Bonchev–Trinajstić information content (AvgIpc) is 3.05. The van der Waals surface area contributed by atoms with Crippen molar-refractivity contribution >= 4 is 20.2 Å². The Hall–Kier alpha value is -0.180. The van der Waals surface area contributed by atoms with Crippen LogP contribution in [0.2, 0.25) is 0 Å². The maximum Gasteiger partial charge on any atom is 0.264 e. The van der Waals surface area contributed by atoms with Gasteiger partial charge in [0.1, 0.15) is 0 Å². The fourth-order valence-electron chi connectivity index (χ4n) is 9.46. The third-order valence-corrected chi connectivity index (χ3v) is 12.0. The summed E-state index contributed by atoms with van der Waals surface area (Å²) in [5, 5.41) is 0. The maximum absolute atomic E-state index is 12.4. The van der Waals surface area contributed by atoms with Gasteiger partial charge < -0.3 is 0 Å². The first-order chi connectivity index (χ1) is 15.7. The van der Waals surface area contributed by atoms with E-state index in [2.05, 4.69) is 27.7 Å². The van der Waals surface area contributed by atoms with Gasteiger partial charge in [0.2, 0.25) is 0 Å². The summed E-state index contributed by atoms with van der Waals surface area (Å²) in [6, 6.07) is 0. The van der Waals surface area contributed by atoms with Gasteiger partial charge in [-0.15, -0.1) is 0 Å². The molecule has 0 spiro atoms. The molecule has 0 N–H and O–H groups in total. The summed E-state index contributed by atoms with van der Waals surface area (Å²) in [6.07, 6.45) is 12.0. The van der Waals surface area contributed by atoms with Crippen molar-refractivity contribution in [2.45, 2.75) is 104 Å². The van der Waals surface area contributed by atoms with Crippen molar-refractivity contribution in [1.29, 1.82) is 0 Å². The summed E-state index contributed by atoms with van der Waals surface area (Å²) in [7, 11) is -7.02. The second kappa shape index (κ2) is 9.29. The van der Waals surface area contributed by atoms with E-state index in [-0.39, 0.29) is 23.0 Å². The molecule has 4 rings (SSSR count). The van der Waals surface area contributed by atoms with Crippen LogP contribution in [0.4, 0.5) is 0 Å². The molecule has 198 valence electrons. The van der Waals surface area contributed by atoms with Crippen molar-refractivity contribution in [3.63, 3.8) is 0 Å². The molecule has 10 atom stereocenters.